The van der Waals surface area contributed by atoms with E-state index in [0.717, 1.165) is 11.8 Å². The minimum absolute atomic E-state index is 0.0479. The first-order valence-corrected chi connectivity index (χ1v) is 6.61. The van der Waals surface area contributed by atoms with Gasteiger partial charge in [-0.25, -0.2) is 0 Å². The minimum atomic E-state index is -0.371. The van der Waals surface area contributed by atoms with Crippen LogP contribution in [0.4, 0.5) is 0 Å². The molecule has 0 saturated heterocycles. The Morgan fingerprint density at radius 2 is 2.15 bits per heavy atom. The smallest absolute Gasteiger partial charge is 0.277 e. The quantitative estimate of drug-likeness (QED) is 0.637. The van der Waals surface area contributed by atoms with Gasteiger partial charge in [0.2, 0.25) is 11.8 Å². The van der Waals surface area contributed by atoms with Gasteiger partial charge < -0.3 is 8.83 Å². The minimum Gasteiger partial charge on any atom is -0.469 e. The van der Waals surface area contributed by atoms with Crippen molar-refractivity contribution in [3.05, 3.63) is 18.1 Å². The van der Waals surface area contributed by atoms with Crippen molar-refractivity contribution in [2.24, 2.45) is 0 Å². The molecule has 0 aliphatic rings. The molecule has 0 aliphatic heterocycles. The summed E-state index contributed by atoms with van der Waals surface area (Å²) in [6.07, 6.45) is 1.53. The molecule has 0 unspecified atom stereocenters. The maximum Gasteiger partial charge on any atom is 0.277 e. The fourth-order valence-corrected chi connectivity index (χ4v) is 1.87. The van der Waals surface area contributed by atoms with E-state index in [4.69, 9.17) is 8.83 Å². The largest absolute Gasteiger partial charge is 0.469 e. The van der Waals surface area contributed by atoms with Gasteiger partial charge in [0.15, 0.2) is 0 Å². The van der Waals surface area contributed by atoms with E-state index in [1.54, 1.807) is 13.0 Å². The van der Waals surface area contributed by atoms with Crippen LogP contribution in [-0.4, -0.2) is 27.8 Å². The molecule has 0 radical (unpaired) electrons. The molecule has 2 amide bonds. The topological polar surface area (TPSA) is 110 Å². The van der Waals surface area contributed by atoms with Crippen molar-refractivity contribution < 1.29 is 18.4 Å². The Bertz CT molecular complexity index is 621. The predicted octanol–water partition coefficient (Wildman–Crippen LogP) is 0.897. The Balaban J connectivity index is 1.89. The number of carbonyl (C=O) groups is 2. The lowest BCUT2D eigenvalue weighted by atomic mass is 10.3. The number of aromatic nitrogens is 2. The highest BCUT2D eigenvalue weighted by Gasteiger charge is 2.14. The van der Waals surface area contributed by atoms with Crippen LogP contribution in [0.3, 0.4) is 0 Å². The number of hydrogen-bond acceptors (Lipinski definition) is 7. The first kappa shape index (κ1) is 14.1. The fraction of sp³-hybridized carbons (Fsp3) is 0.273. The number of nitrogens with one attached hydrogen (secondary N) is 2. The maximum atomic E-state index is 11.4. The van der Waals surface area contributed by atoms with E-state index < -0.39 is 0 Å². The van der Waals surface area contributed by atoms with Gasteiger partial charge in [0.25, 0.3) is 11.1 Å². The molecular weight excluding hydrogens is 284 g/mol. The number of rotatable bonds is 4. The van der Waals surface area contributed by atoms with E-state index in [0.29, 0.717) is 17.2 Å². The molecule has 2 aromatic heterocycles. The number of amides is 2. The van der Waals surface area contributed by atoms with Crippen molar-refractivity contribution in [1.82, 2.24) is 21.0 Å². The van der Waals surface area contributed by atoms with Crippen molar-refractivity contribution in [2.75, 3.05) is 5.75 Å². The van der Waals surface area contributed by atoms with Gasteiger partial charge in [-0.1, -0.05) is 11.8 Å². The zero-order chi connectivity index (χ0) is 14.5. The van der Waals surface area contributed by atoms with E-state index in [1.165, 1.54) is 13.2 Å². The fourth-order valence-electron chi connectivity index (χ4n) is 1.30. The van der Waals surface area contributed by atoms with Gasteiger partial charge >= 0.3 is 0 Å². The van der Waals surface area contributed by atoms with Crippen LogP contribution in [0.25, 0.3) is 11.5 Å². The molecule has 106 valence electrons. The number of hydrogen-bond donors (Lipinski definition) is 2. The van der Waals surface area contributed by atoms with Crippen molar-refractivity contribution in [3.8, 4) is 11.5 Å². The number of hydrazine groups is 1. The molecule has 9 heteroatoms. The van der Waals surface area contributed by atoms with Crippen LogP contribution in [0.15, 0.2) is 26.4 Å². The zero-order valence-electron chi connectivity index (χ0n) is 10.8. The molecule has 0 aliphatic carbocycles. The van der Waals surface area contributed by atoms with Crippen LogP contribution in [0.5, 0.6) is 0 Å². The van der Waals surface area contributed by atoms with Crippen LogP contribution in [0.2, 0.25) is 0 Å². The monoisotopic (exact) mass is 296 g/mol. The van der Waals surface area contributed by atoms with Crippen LogP contribution < -0.4 is 10.9 Å². The van der Waals surface area contributed by atoms with E-state index in [2.05, 4.69) is 21.0 Å². The second-order valence-corrected chi connectivity index (χ2v) is 4.71. The van der Waals surface area contributed by atoms with E-state index >= 15 is 0 Å². The lowest BCUT2D eigenvalue weighted by Crippen LogP contribution is -2.41. The van der Waals surface area contributed by atoms with Gasteiger partial charge in [0, 0.05) is 6.92 Å². The van der Waals surface area contributed by atoms with Gasteiger partial charge in [-0.05, 0) is 13.0 Å². The maximum absolute atomic E-state index is 11.4. The lowest BCUT2D eigenvalue weighted by molar-refractivity contribution is -0.126. The summed E-state index contributed by atoms with van der Waals surface area (Å²) in [5.74, 6) is 0.338. The SMILES string of the molecule is CC(=O)NNC(=O)CSc1nnc(-c2ccoc2C)o1. The molecule has 0 atom stereocenters. The number of furan rings is 1. The average molecular weight is 296 g/mol. The van der Waals surface area contributed by atoms with Gasteiger partial charge in [-0.3, -0.25) is 20.4 Å². The van der Waals surface area contributed by atoms with Crippen molar-refractivity contribution >= 4 is 23.6 Å². The molecule has 20 heavy (non-hydrogen) atoms. The molecule has 2 aromatic rings. The average Bonchev–Trinajstić information content (AvgIpc) is 3.02. The summed E-state index contributed by atoms with van der Waals surface area (Å²) in [5, 5.41) is 7.95. The normalized spacial score (nSPS) is 10.3. The number of carbonyl (C=O) groups excluding carboxylic acids is 2. The zero-order valence-corrected chi connectivity index (χ0v) is 11.6. The third-order valence-electron chi connectivity index (χ3n) is 2.20. The van der Waals surface area contributed by atoms with Gasteiger partial charge in [0.05, 0.1) is 17.6 Å². The summed E-state index contributed by atoms with van der Waals surface area (Å²) in [6, 6.07) is 1.72. The third kappa shape index (κ3) is 3.60. The van der Waals surface area contributed by atoms with E-state index in [-0.39, 0.29) is 22.8 Å². The Morgan fingerprint density at radius 3 is 2.80 bits per heavy atom. The second kappa shape index (κ2) is 6.24. The number of aryl methyl sites for hydroxylation is 1. The Kier molecular flexibility index (Phi) is 4.41. The summed E-state index contributed by atoms with van der Waals surface area (Å²) < 4.78 is 10.5. The van der Waals surface area contributed by atoms with Crippen LogP contribution in [0, 0.1) is 6.92 Å². The first-order chi connectivity index (χ1) is 9.56. The summed E-state index contributed by atoms with van der Waals surface area (Å²) >= 11 is 1.07. The third-order valence-corrected chi connectivity index (χ3v) is 3.02. The van der Waals surface area contributed by atoms with Gasteiger partial charge in [0.1, 0.15) is 5.76 Å². The number of nitrogens with zero attached hydrogens (tertiary/aromatic N) is 2. The molecule has 0 aromatic carbocycles. The molecular formula is C11H12N4O4S. The highest BCUT2D eigenvalue weighted by Crippen LogP contribution is 2.25. The second-order valence-electron chi connectivity index (χ2n) is 3.78. The highest BCUT2D eigenvalue weighted by atomic mass is 32.2. The first-order valence-electron chi connectivity index (χ1n) is 5.62. The molecule has 0 bridgehead atoms. The van der Waals surface area contributed by atoms with Crippen molar-refractivity contribution in [2.45, 2.75) is 19.1 Å². The molecule has 2 N–H and O–H groups in total. The van der Waals surface area contributed by atoms with E-state index in [1.807, 2.05) is 0 Å². The molecule has 2 heterocycles. The lowest BCUT2D eigenvalue weighted by Gasteiger charge is -2.02. The molecule has 0 fully saturated rings. The highest BCUT2D eigenvalue weighted by molar-refractivity contribution is 7.99. The molecule has 2 rings (SSSR count). The van der Waals surface area contributed by atoms with Crippen LogP contribution in [-0.2, 0) is 9.59 Å². The van der Waals surface area contributed by atoms with Crippen LogP contribution in [0.1, 0.15) is 12.7 Å². The predicted molar refractivity (Wildman–Crippen MR) is 69.4 cm³/mol. The Labute approximate surface area is 118 Å². The van der Waals surface area contributed by atoms with Gasteiger partial charge in [-0.2, -0.15) is 0 Å². The van der Waals surface area contributed by atoms with Crippen molar-refractivity contribution in [1.29, 1.82) is 0 Å². The Hall–Kier alpha value is -2.29. The standard InChI is InChI=1S/C11H12N4O4S/c1-6-8(3-4-18-6)10-14-15-11(19-10)20-5-9(17)13-12-7(2)16/h3-4H,5H2,1-2H3,(H,12,16)(H,13,17). The van der Waals surface area contributed by atoms with E-state index in [9.17, 15) is 9.59 Å². The molecule has 0 saturated carbocycles. The van der Waals surface area contributed by atoms with Crippen LogP contribution >= 0.6 is 11.8 Å². The Morgan fingerprint density at radius 1 is 1.35 bits per heavy atom. The van der Waals surface area contributed by atoms with Crippen molar-refractivity contribution in [3.63, 3.8) is 0 Å². The van der Waals surface area contributed by atoms with Gasteiger partial charge in [-0.15, -0.1) is 10.2 Å². The number of thioether (sulfide) groups is 1. The summed E-state index contributed by atoms with van der Waals surface area (Å²) in [5.41, 5.74) is 5.13. The summed E-state index contributed by atoms with van der Waals surface area (Å²) in [7, 11) is 0. The molecule has 0 spiro atoms. The summed E-state index contributed by atoms with van der Waals surface area (Å²) in [6.45, 7) is 3.08. The molecule has 8 nitrogen and oxygen atoms in total. The summed E-state index contributed by atoms with van der Waals surface area (Å²) in [4.78, 5) is 22.0.